The molecule has 2 aromatic carbocycles. The molecule has 4 nitrogen and oxygen atoms in total. The average molecular weight is 328 g/mol. The van der Waals surface area contributed by atoms with Gasteiger partial charge in [0.25, 0.3) is 0 Å². The minimum absolute atomic E-state index is 0.498. The van der Waals surface area contributed by atoms with Gasteiger partial charge in [0.05, 0.1) is 6.54 Å². The third kappa shape index (κ3) is 3.54. The number of halogens is 1. The monoisotopic (exact) mass is 327 g/mol. The second-order valence-corrected chi connectivity index (χ2v) is 5.77. The van der Waals surface area contributed by atoms with Crippen molar-refractivity contribution >= 4 is 17.3 Å². The fraction of sp³-hybridized carbons (Fsp3) is 0.222. The minimum Gasteiger partial charge on any atom is -0.376 e. The number of nitrogens with one attached hydrogen (secondary N) is 1. The number of hydrogen-bond donors (Lipinski definition) is 1. The molecule has 1 N–H and O–H groups in total. The van der Waals surface area contributed by atoms with Crippen LogP contribution in [0.4, 0.5) is 5.69 Å². The van der Waals surface area contributed by atoms with Gasteiger partial charge in [0, 0.05) is 16.3 Å². The van der Waals surface area contributed by atoms with Crippen molar-refractivity contribution in [2.24, 2.45) is 0 Å². The van der Waals surface area contributed by atoms with Crippen LogP contribution in [0.25, 0.3) is 11.4 Å². The number of hydrogen-bond acceptors (Lipinski definition) is 4. The highest BCUT2D eigenvalue weighted by atomic mass is 35.5. The minimum atomic E-state index is 0.498. The first-order valence-corrected chi connectivity index (χ1v) is 7.96. The molecule has 0 saturated heterocycles. The normalized spacial score (nSPS) is 10.7. The molecule has 1 heterocycles. The van der Waals surface area contributed by atoms with Crippen molar-refractivity contribution < 1.29 is 4.52 Å². The van der Waals surface area contributed by atoms with Crippen LogP contribution in [0.2, 0.25) is 5.02 Å². The molecule has 3 rings (SSSR count). The molecule has 0 unspecified atom stereocenters. The lowest BCUT2D eigenvalue weighted by Crippen LogP contribution is -2.04. The molecule has 5 heteroatoms. The third-order valence-corrected chi connectivity index (χ3v) is 3.98. The van der Waals surface area contributed by atoms with Crippen LogP contribution in [0.5, 0.6) is 0 Å². The van der Waals surface area contributed by atoms with E-state index in [1.165, 1.54) is 11.1 Å². The first-order chi connectivity index (χ1) is 11.2. The Morgan fingerprint density at radius 2 is 1.91 bits per heavy atom. The number of anilines is 1. The maximum Gasteiger partial charge on any atom is 0.246 e. The summed E-state index contributed by atoms with van der Waals surface area (Å²) in [5.74, 6) is 1.12. The molecule has 0 saturated carbocycles. The molecule has 0 fully saturated rings. The van der Waals surface area contributed by atoms with E-state index in [0.29, 0.717) is 23.3 Å². The van der Waals surface area contributed by atoms with Crippen molar-refractivity contribution in [1.82, 2.24) is 10.1 Å². The van der Waals surface area contributed by atoms with Gasteiger partial charge in [-0.25, -0.2) is 0 Å². The third-order valence-electron chi connectivity index (χ3n) is 3.73. The fourth-order valence-corrected chi connectivity index (χ4v) is 2.61. The van der Waals surface area contributed by atoms with E-state index >= 15 is 0 Å². The Kier molecular flexibility index (Phi) is 4.63. The summed E-state index contributed by atoms with van der Waals surface area (Å²) >= 11 is 5.89. The maximum atomic E-state index is 5.89. The summed E-state index contributed by atoms with van der Waals surface area (Å²) in [6.07, 6.45) is 0.976. The lowest BCUT2D eigenvalue weighted by molar-refractivity contribution is 0.384. The molecule has 0 aliphatic carbocycles. The predicted octanol–water partition coefficient (Wildman–Crippen LogP) is 4.87. The zero-order valence-electron chi connectivity index (χ0n) is 13.1. The largest absolute Gasteiger partial charge is 0.376 e. The molecular weight excluding hydrogens is 310 g/mol. The van der Waals surface area contributed by atoms with Gasteiger partial charge >= 0.3 is 0 Å². The maximum absolute atomic E-state index is 5.89. The lowest BCUT2D eigenvalue weighted by atomic mass is 10.1. The first kappa shape index (κ1) is 15.6. The van der Waals surface area contributed by atoms with Gasteiger partial charge in [0.1, 0.15) is 0 Å². The number of para-hydroxylation sites is 1. The predicted molar refractivity (Wildman–Crippen MR) is 92.6 cm³/mol. The van der Waals surface area contributed by atoms with Gasteiger partial charge in [-0.05, 0) is 48.7 Å². The highest BCUT2D eigenvalue weighted by Crippen LogP contribution is 2.22. The van der Waals surface area contributed by atoms with E-state index in [2.05, 4.69) is 47.5 Å². The van der Waals surface area contributed by atoms with Crippen LogP contribution in [-0.2, 0) is 13.0 Å². The van der Waals surface area contributed by atoms with Gasteiger partial charge in [0.15, 0.2) is 0 Å². The van der Waals surface area contributed by atoms with Crippen LogP contribution < -0.4 is 5.32 Å². The van der Waals surface area contributed by atoms with E-state index in [1.54, 1.807) is 0 Å². The van der Waals surface area contributed by atoms with Gasteiger partial charge < -0.3 is 9.84 Å². The first-order valence-electron chi connectivity index (χ1n) is 7.58. The van der Waals surface area contributed by atoms with Gasteiger partial charge in [0.2, 0.25) is 11.7 Å². The number of nitrogens with zero attached hydrogens (tertiary/aromatic N) is 2. The standard InChI is InChI=1S/C18H18ClN3O/c1-3-13-6-4-5-12(2)17(13)20-11-16-21-18(22-23-16)14-7-9-15(19)10-8-14/h4-10,20H,3,11H2,1-2H3. The molecule has 0 aliphatic heterocycles. The van der Waals surface area contributed by atoms with E-state index < -0.39 is 0 Å². The fourth-order valence-electron chi connectivity index (χ4n) is 2.48. The lowest BCUT2D eigenvalue weighted by Gasteiger charge is -2.12. The van der Waals surface area contributed by atoms with Crippen molar-refractivity contribution in [2.75, 3.05) is 5.32 Å². The van der Waals surface area contributed by atoms with E-state index in [1.807, 2.05) is 24.3 Å². The van der Waals surface area contributed by atoms with E-state index in [4.69, 9.17) is 16.1 Å². The topological polar surface area (TPSA) is 51.0 Å². The molecule has 118 valence electrons. The Morgan fingerprint density at radius 1 is 1.13 bits per heavy atom. The van der Waals surface area contributed by atoms with Gasteiger partial charge in [-0.15, -0.1) is 0 Å². The average Bonchev–Trinajstić information content (AvgIpc) is 3.03. The Hall–Kier alpha value is -2.33. The Morgan fingerprint density at radius 3 is 2.65 bits per heavy atom. The van der Waals surface area contributed by atoms with Crippen molar-refractivity contribution in [3.8, 4) is 11.4 Å². The van der Waals surface area contributed by atoms with Crippen LogP contribution >= 0.6 is 11.6 Å². The molecule has 0 aliphatic rings. The summed E-state index contributed by atoms with van der Waals surface area (Å²) in [5.41, 5.74) is 4.51. The van der Waals surface area contributed by atoms with Crippen LogP contribution in [0.1, 0.15) is 23.9 Å². The van der Waals surface area contributed by atoms with Crippen LogP contribution in [-0.4, -0.2) is 10.1 Å². The summed E-state index contributed by atoms with van der Waals surface area (Å²) in [6, 6.07) is 13.7. The quantitative estimate of drug-likeness (QED) is 0.726. The second kappa shape index (κ2) is 6.84. The summed E-state index contributed by atoms with van der Waals surface area (Å²) in [6.45, 7) is 4.73. The SMILES string of the molecule is CCc1cccc(C)c1NCc1nc(-c2ccc(Cl)cc2)no1. The Labute approximate surface area is 140 Å². The van der Waals surface area contributed by atoms with Crippen molar-refractivity contribution in [3.63, 3.8) is 0 Å². The van der Waals surface area contributed by atoms with E-state index in [0.717, 1.165) is 17.7 Å². The molecule has 0 bridgehead atoms. The molecule has 0 radical (unpaired) electrons. The zero-order valence-corrected chi connectivity index (χ0v) is 13.9. The molecular formula is C18H18ClN3O. The molecule has 1 aromatic heterocycles. The molecule has 23 heavy (non-hydrogen) atoms. The Balaban J connectivity index is 1.74. The van der Waals surface area contributed by atoms with Crippen LogP contribution in [0.3, 0.4) is 0 Å². The van der Waals surface area contributed by atoms with Crippen molar-refractivity contribution in [3.05, 3.63) is 64.5 Å². The van der Waals surface area contributed by atoms with Gasteiger partial charge in [-0.1, -0.05) is 41.9 Å². The smallest absolute Gasteiger partial charge is 0.246 e. The summed E-state index contributed by atoms with van der Waals surface area (Å²) in [4.78, 5) is 4.43. The van der Waals surface area contributed by atoms with Crippen LogP contribution in [0, 0.1) is 6.92 Å². The van der Waals surface area contributed by atoms with Gasteiger partial charge in [-0.3, -0.25) is 0 Å². The highest BCUT2D eigenvalue weighted by Gasteiger charge is 2.10. The number of benzene rings is 2. The zero-order chi connectivity index (χ0) is 16.2. The van der Waals surface area contributed by atoms with E-state index in [9.17, 15) is 0 Å². The number of aromatic nitrogens is 2. The van der Waals surface area contributed by atoms with E-state index in [-0.39, 0.29) is 0 Å². The van der Waals surface area contributed by atoms with Gasteiger partial charge in [-0.2, -0.15) is 4.98 Å². The summed E-state index contributed by atoms with van der Waals surface area (Å²) in [5, 5.41) is 8.12. The summed E-state index contributed by atoms with van der Waals surface area (Å²) in [7, 11) is 0. The highest BCUT2D eigenvalue weighted by molar-refractivity contribution is 6.30. The molecule has 3 aromatic rings. The molecule has 0 atom stereocenters. The number of aryl methyl sites for hydroxylation is 2. The van der Waals surface area contributed by atoms with Crippen molar-refractivity contribution in [1.29, 1.82) is 0 Å². The second-order valence-electron chi connectivity index (χ2n) is 5.33. The molecule has 0 spiro atoms. The Bertz CT molecular complexity index is 796. The molecule has 0 amide bonds. The summed E-state index contributed by atoms with van der Waals surface area (Å²) < 4.78 is 5.33. The van der Waals surface area contributed by atoms with Crippen molar-refractivity contribution in [2.45, 2.75) is 26.8 Å². The van der Waals surface area contributed by atoms with Crippen LogP contribution in [0.15, 0.2) is 47.0 Å². The number of rotatable bonds is 5.